The van der Waals surface area contributed by atoms with Crippen molar-refractivity contribution in [2.75, 3.05) is 13.7 Å². The van der Waals surface area contributed by atoms with E-state index >= 15 is 0 Å². The molecule has 3 aromatic carbocycles. The van der Waals surface area contributed by atoms with Gasteiger partial charge in [-0.2, -0.15) is 0 Å². The Morgan fingerprint density at radius 2 is 1.74 bits per heavy atom. The summed E-state index contributed by atoms with van der Waals surface area (Å²) in [5.41, 5.74) is 2.42. The molecule has 5 nitrogen and oxygen atoms in total. The monoisotopic (exact) mass is 432 g/mol. The molecule has 0 radical (unpaired) electrons. The molecule has 0 saturated carbocycles. The smallest absolute Gasteiger partial charge is 0.269 e. The summed E-state index contributed by atoms with van der Waals surface area (Å²) in [5, 5.41) is 4.01. The van der Waals surface area contributed by atoms with E-state index in [-0.39, 0.29) is 5.91 Å². The van der Waals surface area contributed by atoms with Gasteiger partial charge >= 0.3 is 0 Å². The first-order valence-corrected chi connectivity index (χ1v) is 10.9. The lowest BCUT2D eigenvalue weighted by molar-refractivity contribution is 0.0944. The van der Waals surface area contributed by atoms with Crippen molar-refractivity contribution in [3.8, 4) is 11.5 Å². The number of H-pyrrole nitrogens is 1. The topological polar surface area (TPSA) is 63.3 Å². The van der Waals surface area contributed by atoms with Gasteiger partial charge in [0.1, 0.15) is 17.2 Å². The molecule has 1 amide bonds. The number of nitrogens with one attached hydrogen (secondary N) is 2. The first-order valence-electron chi connectivity index (χ1n) is 10.1. The minimum absolute atomic E-state index is 0.150. The van der Waals surface area contributed by atoms with Crippen molar-refractivity contribution in [3.05, 3.63) is 84.1 Å². The lowest BCUT2D eigenvalue weighted by Crippen LogP contribution is -2.23. The van der Waals surface area contributed by atoms with E-state index in [0.717, 1.165) is 37.8 Å². The van der Waals surface area contributed by atoms with E-state index < -0.39 is 0 Å². The average molecular weight is 433 g/mol. The van der Waals surface area contributed by atoms with Gasteiger partial charge in [-0.15, -0.1) is 0 Å². The quantitative estimate of drug-likeness (QED) is 0.377. The van der Waals surface area contributed by atoms with Crippen molar-refractivity contribution in [1.82, 2.24) is 10.3 Å². The molecule has 4 aromatic rings. The minimum atomic E-state index is -0.150. The molecule has 0 aliphatic carbocycles. The average Bonchev–Trinajstić information content (AvgIpc) is 3.17. The maximum atomic E-state index is 13.1. The standard InChI is InChI=1S/C25H24N2O3S/c1-3-30-18-11-9-17(10-12-18)16-26-25(28)23-24(31-20-7-5-4-6-8-20)21-14-13-19(29-2)15-22(21)27-23/h4-15,27H,3,16H2,1-2H3,(H,26,28). The van der Waals surface area contributed by atoms with E-state index in [0.29, 0.717) is 18.8 Å². The van der Waals surface area contributed by atoms with Crippen molar-refractivity contribution in [1.29, 1.82) is 0 Å². The van der Waals surface area contributed by atoms with Gasteiger partial charge in [-0.05, 0) is 48.9 Å². The molecular weight excluding hydrogens is 408 g/mol. The highest BCUT2D eigenvalue weighted by Gasteiger charge is 2.19. The third-order valence-corrected chi connectivity index (χ3v) is 5.97. The molecule has 0 unspecified atom stereocenters. The molecule has 158 valence electrons. The normalized spacial score (nSPS) is 10.8. The number of rotatable bonds is 8. The Balaban J connectivity index is 1.60. The van der Waals surface area contributed by atoms with Gasteiger partial charge in [-0.1, -0.05) is 42.1 Å². The number of carbonyl (C=O) groups is 1. The lowest BCUT2D eigenvalue weighted by atomic mass is 10.2. The summed E-state index contributed by atoms with van der Waals surface area (Å²) in [6.45, 7) is 3.01. The third kappa shape index (κ3) is 4.86. The number of aromatic amines is 1. The number of benzene rings is 3. The molecular formula is C25H24N2O3S. The van der Waals surface area contributed by atoms with Crippen LogP contribution >= 0.6 is 11.8 Å². The highest BCUT2D eigenvalue weighted by atomic mass is 32.2. The number of ether oxygens (including phenoxy) is 2. The largest absolute Gasteiger partial charge is 0.497 e. The second-order valence-corrected chi connectivity index (χ2v) is 8.00. The predicted molar refractivity (Wildman–Crippen MR) is 124 cm³/mol. The zero-order valence-corrected chi connectivity index (χ0v) is 18.3. The molecule has 0 fully saturated rings. The molecule has 31 heavy (non-hydrogen) atoms. The fraction of sp³-hybridized carbons (Fsp3) is 0.160. The van der Waals surface area contributed by atoms with Crippen LogP contribution < -0.4 is 14.8 Å². The van der Waals surface area contributed by atoms with Crippen LogP contribution in [0.2, 0.25) is 0 Å². The fourth-order valence-electron chi connectivity index (χ4n) is 3.29. The van der Waals surface area contributed by atoms with E-state index in [1.165, 1.54) is 0 Å². The van der Waals surface area contributed by atoms with Crippen LogP contribution in [0.15, 0.2) is 82.6 Å². The molecule has 0 aliphatic heterocycles. The van der Waals surface area contributed by atoms with Crippen LogP contribution in [0.25, 0.3) is 10.9 Å². The summed E-state index contributed by atoms with van der Waals surface area (Å²) < 4.78 is 10.8. The lowest BCUT2D eigenvalue weighted by Gasteiger charge is -2.08. The van der Waals surface area contributed by atoms with Gasteiger partial charge in [-0.3, -0.25) is 4.79 Å². The van der Waals surface area contributed by atoms with Crippen molar-refractivity contribution in [3.63, 3.8) is 0 Å². The summed E-state index contributed by atoms with van der Waals surface area (Å²) in [6, 6.07) is 23.6. The highest BCUT2D eigenvalue weighted by Crippen LogP contribution is 2.37. The van der Waals surface area contributed by atoms with E-state index in [4.69, 9.17) is 9.47 Å². The summed E-state index contributed by atoms with van der Waals surface area (Å²) in [5.74, 6) is 1.41. The molecule has 4 rings (SSSR count). The Kier molecular flexibility index (Phi) is 6.48. The number of methoxy groups -OCH3 is 1. The van der Waals surface area contributed by atoms with Gasteiger partial charge in [0, 0.05) is 22.9 Å². The van der Waals surface area contributed by atoms with E-state index in [1.54, 1.807) is 18.9 Å². The second kappa shape index (κ2) is 9.62. The number of carbonyl (C=O) groups excluding carboxylic acids is 1. The SMILES string of the molecule is CCOc1ccc(CNC(=O)c2[nH]c3cc(OC)ccc3c2Sc2ccccc2)cc1. The molecule has 0 saturated heterocycles. The summed E-state index contributed by atoms with van der Waals surface area (Å²) in [7, 11) is 1.63. The van der Waals surface area contributed by atoms with Crippen LogP contribution in [0.4, 0.5) is 0 Å². The maximum Gasteiger partial charge on any atom is 0.269 e. The fourth-order valence-corrected chi connectivity index (χ4v) is 4.35. The number of hydrogen-bond donors (Lipinski definition) is 2. The molecule has 0 bridgehead atoms. The Labute approximate surface area is 185 Å². The predicted octanol–water partition coefficient (Wildman–Crippen LogP) is 5.66. The number of aromatic nitrogens is 1. The number of fused-ring (bicyclic) bond motifs is 1. The van der Waals surface area contributed by atoms with Crippen LogP contribution in [-0.4, -0.2) is 24.6 Å². The van der Waals surface area contributed by atoms with E-state index in [1.807, 2.05) is 79.7 Å². The Hall–Kier alpha value is -3.38. The van der Waals surface area contributed by atoms with Gasteiger partial charge < -0.3 is 19.8 Å². The molecule has 1 heterocycles. The number of hydrogen-bond acceptors (Lipinski definition) is 4. The Morgan fingerprint density at radius 3 is 2.45 bits per heavy atom. The third-order valence-electron chi connectivity index (χ3n) is 4.84. The van der Waals surface area contributed by atoms with Crippen molar-refractivity contribution < 1.29 is 14.3 Å². The zero-order chi connectivity index (χ0) is 21.6. The van der Waals surface area contributed by atoms with Crippen LogP contribution in [-0.2, 0) is 6.54 Å². The van der Waals surface area contributed by atoms with Crippen molar-refractivity contribution in [2.24, 2.45) is 0 Å². The van der Waals surface area contributed by atoms with Crippen LogP contribution in [0.3, 0.4) is 0 Å². The first-order chi connectivity index (χ1) is 15.2. The van der Waals surface area contributed by atoms with Crippen LogP contribution in [0.5, 0.6) is 11.5 Å². The molecule has 0 aliphatic rings. The minimum Gasteiger partial charge on any atom is -0.497 e. The van der Waals surface area contributed by atoms with Gasteiger partial charge in [-0.25, -0.2) is 0 Å². The van der Waals surface area contributed by atoms with Crippen LogP contribution in [0.1, 0.15) is 23.0 Å². The van der Waals surface area contributed by atoms with Crippen molar-refractivity contribution in [2.45, 2.75) is 23.3 Å². The van der Waals surface area contributed by atoms with E-state index in [2.05, 4.69) is 10.3 Å². The van der Waals surface area contributed by atoms with Gasteiger partial charge in [0.25, 0.3) is 5.91 Å². The molecule has 0 spiro atoms. The van der Waals surface area contributed by atoms with Gasteiger partial charge in [0.2, 0.25) is 0 Å². The number of amides is 1. The zero-order valence-electron chi connectivity index (χ0n) is 17.5. The first kappa shape index (κ1) is 20.9. The van der Waals surface area contributed by atoms with Crippen LogP contribution in [0, 0.1) is 0 Å². The molecule has 0 atom stereocenters. The molecule has 6 heteroatoms. The Bertz CT molecular complexity index is 1170. The van der Waals surface area contributed by atoms with E-state index in [9.17, 15) is 4.79 Å². The molecule has 1 aromatic heterocycles. The summed E-state index contributed by atoms with van der Waals surface area (Å²) in [6.07, 6.45) is 0. The highest BCUT2D eigenvalue weighted by molar-refractivity contribution is 7.99. The Morgan fingerprint density at radius 1 is 1.00 bits per heavy atom. The van der Waals surface area contributed by atoms with Gasteiger partial charge in [0.05, 0.1) is 24.1 Å². The molecule has 2 N–H and O–H groups in total. The maximum absolute atomic E-state index is 13.1. The van der Waals surface area contributed by atoms with Gasteiger partial charge in [0.15, 0.2) is 0 Å². The summed E-state index contributed by atoms with van der Waals surface area (Å²) >= 11 is 1.57. The van der Waals surface area contributed by atoms with Crippen molar-refractivity contribution >= 4 is 28.6 Å². The summed E-state index contributed by atoms with van der Waals surface area (Å²) in [4.78, 5) is 18.4. The second-order valence-electron chi connectivity index (χ2n) is 6.92.